The number of nitriles is 1. The van der Waals surface area contributed by atoms with Crippen molar-refractivity contribution in [3.8, 4) is 22.9 Å². The van der Waals surface area contributed by atoms with Gasteiger partial charge in [-0.3, -0.25) is 0 Å². The third-order valence-corrected chi connectivity index (χ3v) is 6.16. The van der Waals surface area contributed by atoms with Crippen LogP contribution in [-0.2, 0) is 0 Å². The number of hydrogen-bond acceptors (Lipinski definition) is 2. The zero-order valence-electron chi connectivity index (χ0n) is 17.2. The summed E-state index contributed by atoms with van der Waals surface area (Å²) in [6, 6.07) is 18.1. The molecule has 0 aliphatic heterocycles. The van der Waals surface area contributed by atoms with Gasteiger partial charge in [0.15, 0.2) is 0 Å². The highest BCUT2D eigenvalue weighted by atomic mass is 16.5. The summed E-state index contributed by atoms with van der Waals surface area (Å²) in [6.07, 6.45) is 12.4. The first-order valence-corrected chi connectivity index (χ1v) is 11.0. The Labute approximate surface area is 170 Å². The molecule has 1 aliphatic carbocycles. The summed E-state index contributed by atoms with van der Waals surface area (Å²) in [5.74, 6) is 2.86. The normalized spacial score (nSPS) is 19.1. The molecule has 0 spiro atoms. The van der Waals surface area contributed by atoms with E-state index in [1.54, 1.807) is 0 Å². The molecule has 0 atom stereocenters. The standard InChI is InChI=1S/C26H33NO/c1-2-3-5-21-7-9-22(10-8-21)6-4-19-28-26-17-15-25(16-18-26)24-13-11-23(20-27)12-14-24/h11-18,21-22H,2-10,19H2,1H3. The van der Waals surface area contributed by atoms with Crippen molar-refractivity contribution < 1.29 is 4.74 Å². The molecule has 0 saturated heterocycles. The lowest BCUT2D eigenvalue weighted by Crippen LogP contribution is -2.15. The first-order chi connectivity index (χ1) is 13.8. The maximum Gasteiger partial charge on any atom is 0.119 e. The van der Waals surface area contributed by atoms with Crippen LogP contribution in [0.1, 0.15) is 70.3 Å². The summed E-state index contributed by atoms with van der Waals surface area (Å²) in [5, 5.41) is 8.90. The van der Waals surface area contributed by atoms with E-state index in [4.69, 9.17) is 10.00 Å². The van der Waals surface area contributed by atoms with Gasteiger partial charge < -0.3 is 4.74 Å². The smallest absolute Gasteiger partial charge is 0.119 e. The molecule has 0 aromatic heterocycles. The molecule has 0 unspecified atom stereocenters. The molecule has 2 nitrogen and oxygen atoms in total. The predicted molar refractivity (Wildman–Crippen MR) is 116 cm³/mol. The third-order valence-electron chi connectivity index (χ3n) is 6.16. The molecule has 0 bridgehead atoms. The topological polar surface area (TPSA) is 33.0 Å². The molecule has 28 heavy (non-hydrogen) atoms. The zero-order chi connectivity index (χ0) is 19.6. The van der Waals surface area contributed by atoms with Crippen molar-refractivity contribution in [2.24, 2.45) is 11.8 Å². The van der Waals surface area contributed by atoms with E-state index in [0.29, 0.717) is 5.56 Å². The van der Waals surface area contributed by atoms with Crippen molar-refractivity contribution in [2.75, 3.05) is 6.61 Å². The van der Waals surface area contributed by atoms with Crippen LogP contribution in [0.2, 0.25) is 0 Å². The van der Waals surface area contributed by atoms with E-state index in [0.717, 1.165) is 41.7 Å². The van der Waals surface area contributed by atoms with E-state index in [9.17, 15) is 0 Å². The van der Waals surface area contributed by atoms with Crippen LogP contribution in [0.25, 0.3) is 11.1 Å². The van der Waals surface area contributed by atoms with Gasteiger partial charge in [0.25, 0.3) is 0 Å². The number of ether oxygens (including phenoxy) is 1. The van der Waals surface area contributed by atoms with E-state index in [2.05, 4.69) is 25.1 Å². The van der Waals surface area contributed by atoms with Crippen molar-refractivity contribution in [3.63, 3.8) is 0 Å². The maximum absolute atomic E-state index is 8.90. The second-order valence-electron chi connectivity index (χ2n) is 8.23. The van der Waals surface area contributed by atoms with Crippen LogP contribution in [0.5, 0.6) is 5.75 Å². The number of benzene rings is 2. The molecular formula is C26H33NO. The van der Waals surface area contributed by atoms with Gasteiger partial charge in [-0.05, 0) is 60.1 Å². The van der Waals surface area contributed by atoms with Crippen LogP contribution < -0.4 is 4.74 Å². The molecular weight excluding hydrogens is 342 g/mol. The first kappa shape index (κ1) is 20.5. The van der Waals surface area contributed by atoms with Crippen LogP contribution in [0.3, 0.4) is 0 Å². The summed E-state index contributed by atoms with van der Waals surface area (Å²) in [7, 11) is 0. The van der Waals surface area contributed by atoms with Crippen molar-refractivity contribution in [2.45, 2.75) is 64.7 Å². The molecule has 0 radical (unpaired) electrons. The van der Waals surface area contributed by atoms with Gasteiger partial charge in [-0.15, -0.1) is 0 Å². The average Bonchev–Trinajstić information content (AvgIpc) is 2.76. The van der Waals surface area contributed by atoms with Gasteiger partial charge in [-0.1, -0.05) is 76.1 Å². The maximum atomic E-state index is 8.90. The average molecular weight is 376 g/mol. The summed E-state index contributed by atoms with van der Waals surface area (Å²) >= 11 is 0. The van der Waals surface area contributed by atoms with Gasteiger partial charge in [0.2, 0.25) is 0 Å². The van der Waals surface area contributed by atoms with Gasteiger partial charge in [-0.25, -0.2) is 0 Å². The Bertz CT molecular complexity index is 733. The fraction of sp³-hybridized carbons (Fsp3) is 0.500. The van der Waals surface area contributed by atoms with Crippen LogP contribution in [0, 0.1) is 23.2 Å². The Kier molecular flexibility index (Phi) is 7.97. The van der Waals surface area contributed by atoms with Crippen LogP contribution >= 0.6 is 0 Å². The number of nitrogens with zero attached hydrogens (tertiary/aromatic N) is 1. The summed E-state index contributed by atoms with van der Waals surface area (Å²) in [4.78, 5) is 0. The summed E-state index contributed by atoms with van der Waals surface area (Å²) in [5.41, 5.74) is 2.97. The third kappa shape index (κ3) is 6.13. The molecule has 2 aromatic rings. The molecule has 0 heterocycles. The van der Waals surface area contributed by atoms with Gasteiger partial charge in [0, 0.05) is 0 Å². The second kappa shape index (κ2) is 10.9. The minimum absolute atomic E-state index is 0.693. The molecule has 1 fully saturated rings. The first-order valence-electron chi connectivity index (χ1n) is 11.0. The molecule has 1 saturated carbocycles. The van der Waals surface area contributed by atoms with Crippen molar-refractivity contribution in [1.82, 2.24) is 0 Å². The highest BCUT2D eigenvalue weighted by molar-refractivity contribution is 5.64. The number of unbranched alkanes of at least 4 members (excludes halogenated alkanes) is 1. The van der Waals surface area contributed by atoms with Gasteiger partial charge in [0.05, 0.1) is 18.2 Å². The van der Waals surface area contributed by atoms with Gasteiger partial charge in [-0.2, -0.15) is 5.26 Å². The highest BCUT2D eigenvalue weighted by Crippen LogP contribution is 2.34. The monoisotopic (exact) mass is 375 g/mol. The molecule has 3 rings (SSSR count). The molecule has 2 aromatic carbocycles. The minimum Gasteiger partial charge on any atom is -0.494 e. The Morgan fingerprint density at radius 2 is 1.36 bits per heavy atom. The highest BCUT2D eigenvalue weighted by Gasteiger charge is 2.20. The Morgan fingerprint density at radius 1 is 0.821 bits per heavy atom. The minimum atomic E-state index is 0.693. The van der Waals surface area contributed by atoms with Crippen LogP contribution in [0.4, 0.5) is 0 Å². The quantitative estimate of drug-likeness (QED) is 0.428. The lowest BCUT2D eigenvalue weighted by molar-refractivity contribution is 0.228. The molecule has 0 N–H and O–H groups in total. The SMILES string of the molecule is CCCCC1CCC(CCCOc2ccc(-c3ccc(C#N)cc3)cc2)CC1. The molecule has 1 aliphatic rings. The number of rotatable bonds is 9. The van der Waals surface area contributed by atoms with E-state index in [-0.39, 0.29) is 0 Å². The van der Waals surface area contributed by atoms with Gasteiger partial charge >= 0.3 is 0 Å². The largest absolute Gasteiger partial charge is 0.494 e. The van der Waals surface area contributed by atoms with E-state index in [1.165, 1.54) is 51.4 Å². The fourth-order valence-corrected chi connectivity index (χ4v) is 4.34. The Hall–Kier alpha value is -2.27. The van der Waals surface area contributed by atoms with E-state index < -0.39 is 0 Å². The van der Waals surface area contributed by atoms with E-state index >= 15 is 0 Å². The van der Waals surface area contributed by atoms with Crippen LogP contribution in [-0.4, -0.2) is 6.61 Å². The molecule has 148 valence electrons. The van der Waals surface area contributed by atoms with E-state index in [1.807, 2.05) is 36.4 Å². The second-order valence-corrected chi connectivity index (χ2v) is 8.23. The fourth-order valence-electron chi connectivity index (χ4n) is 4.34. The van der Waals surface area contributed by atoms with Crippen LogP contribution in [0.15, 0.2) is 48.5 Å². The van der Waals surface area contributed by atoms with Crippen molar-refractivity contribution in [3.05, 3.63) is 54.1 Å². The Morgan fingerprint density at radius 3 is 1.89 bits per heavy atom. The van der Waals surface area contributed by atoms with Gasteiger partial charge in [0.1, 0.15) is 5.75 Å². The van der Waals surface area contributed by atoms with Crippen molar-refractivity contribution in [1.29, 1.82) is 5.26 Å². The van der Waals surface area contributed by atoms with Crippen molar-refractivity contribution >= 4 is 0 Å². The molecule has 2 heteroatoms. The molecule has 0 amide bonds. The zero-order valence-corrected chi connectivity index (χ0v) is 17.2. The lowest BCUT2D eigenvalue weighted by atomic mass is 9.78. The predicted octanol–water partition coefficient (Wildman–Crippen LogP) is 7.38. The number of hydrogen-bond donors (Lipinski definition) is 0. The summed E-state index contributed by atoms with van der Waals surface area (Å²) < 4.78 is 5.96. The summed E-state index contributed by atoms with van der Waals surface area (Å²) in [6.45, 7) is 3.11. The Balaban J connectivity index is 1.36. The lowest BCUT2D eigenvalue weighted by Gasteiger charge is -2.28.